The summed E-state index contributed by atoms with van der Waals surface area (Å²) in [6, 6.07) is 8.40. The summed E-state index contributed by atoms with van der Waals surface area (Å²) in [5, 5.41) is 0. The number of carbonyl (C=O) groups excluding carboxylic acids is 1. The molecule has 1 aromatic carbocycles. The highest BCUT2D eigenvalue weighted by Crippen LogP contribution is 2.12. The second-order valence-corrected chi connectivity index (χ2v) is 6.95. The van der Waals surface area contributed by atoms with Gasteiger partial charge in [0, 0.05) is 19.3 Å². The molecule has 0 aromatic heterocycles. The zero-order valence-corrected chi connectivity index (χ0v) is 18.0. The SMILES string of the molecule is CCOC(=O)/C=C\c1ccc(CCCCCCCCCOC(C)OCC)cc1. The van der Waals surface area contributed by atoms with Gasteiger partial charge in [-0.25, -0.2) is 4.79 Å². The molecule has 0 aliphatic carbocycles. The fourth-order valence-electron chi connectivity index (χ4n) is 3.00. The Morgan fingerprint density at radius 3 is 2.18 bits per heavy atom. The molecule has 0 bridgehead atoms. The van der Waals surface area contributed by atoms with E-state index in [9.17, 15) is 4.79 Å². The van der Waals surface area contributed by atoms with Crippen LogP contribution >= 0.6 is 0 Å². The molecular weight excluding hydrogens is 352 g/mol. The molecule has 1 rings (SSSR count). The van der Waals surface area contributed by atoms with Gasteiger partial charge in [-0.3, -0.25) is 0 Å². The molecule has 1 aromatic rings. The Morgan fingerprint density at radius 1 is 0.893 bits per heavy atom. The molecule has 0 aliphatic heterocycles. The normalized spacial score (nSPS) is 12.4. The lowest BCUT2D eigenvalue weighted by molar-refractivity contribution is -0.137. The lowest BCUT2D eigenvalue weighted by atomic mass is 10.0. The van der Waals surface area contributed by atoms with E-state index >= 15 is 0 Å². The van der Waals surface area contributed by atoms with Crippen molar-refractivity contribution in [1.29, 1.82) is 0 Å². The highest BCUT2D eigenvalue weighted by molar-refractivity contribution is 5.87. The van der Waals surface area contributed by atoms with E-state index in [1.807, 2.05) is 13.8 Å². The summed E-state index contributed by atoms with van der Waals surface area (Å²) in [5.74, 6) is -0.292. The second-order valence-electron chi connectivity index (χ2n) is 6.95. The average molecular weight is 391 g/mol. The van der Waals surface area contributed by atoms with E-state index in [0.29, 0.717) is 13.2 Å². The molecule has 0 amide bonds. The van der Waals surface area contributed by atoms with Crippen LogP contribution in [0.2, 0.25) is 0 Å². The van der Waals surface area contributed by atoms with Gasteiger partial charge in [-0.05, 0) is 57.2 Å². The third kappa shape index (κ3) is 12.7. The third-order valence-electron chi connectivity index (χ3n) is 4.54. The van der Waals surface area contributed by atoms with Crippen molar-refractivity contribution in [3.63, 3.8) is 0 Å². The van der Waals surface area contributed by atoms with Crippen LogP contribution in [0.3, 0.4) is 0 Å². The van der Waals surface area contributed by atoms with Crippen molar-refractivity contribution < 1.29 is 19.0 Å². The number of hydrogen-bond donors (Lipinski definition) is 0. The molecule has 4 heteroatoms. The van der Waals surface area contributed by atoms with Gasteiger partial charge in [0.15, 0.2) is 6.29 Å². The fraction of sp³-hybridized carbons (Fsp3) is 0.625. The Balaban J connectivity index is 2.02. The zero-order valence-electron chi connectivity index (χ0n) is 18.0. The maximum Gasteiger partial charge on any atom is 0.330 e. The predicted octanol–water partition coefficient (Wildman–Crippen LogP) is 5.94. The van der Waals surface area contributed by atoms with E-state index in [4.69, 9.17) is 14.2 Å². The summed E-state index contributed by atoms with van der Waals surface area (Å²) >= 11 is 0. The van der Waals surface area contributed by atoms with Gasteiger partial charge in [-0.1, -0.05) is 56.4 Å². The van der Waals surface area contributed by atoms with Crippen LogP contribution in [-0.2, 0) is 25.4 Å². The number of benzene rings is 1. The molecule has 1 unspecified atom stereocenters. The van der Waals surface area contributed by atoms with Gasteiger partial charge in [0.2, 0.25) is 0 Å². The molecule has 4 nitrogen and oxygen atoms in total. The van der Waals surface area contributed by atoms with Crippen molar-refractivity contribution in [2.75, 3.05) is 19.8 Å². The van der Waals surface area contributed by atoms with Crippen molar-refractivity contribution >= 4 is 12.0 Å². The largest absolute Gasteiger partial charge is 0.463 e. The second kappa shape index (κ2) is 16.3. The fourth-order valence-corrected chi connectivity index (χ4v) is 3.00. The quantitative estimate of drug-likeness (QED) is 0.152. The van der Waals surface area contributed by atoms with Gasteiger partial charge in [-0.2, -0.15) is 0 Å². The van der Waals surface area contributed by atoms with Crippen LogP contribution in [0.4, 0.5) is 0 Å². The Kier molecular flexibility index (Phi) is 14.2. The van der Waals surface area contributed by atoms with Gasteiger partial charge in [0.25, 0.3) is 0 Å². The van der Waals surface area contributed by atoms with Gasteiger partial charge in [0.05, 0.1) is 6.61 Å². The number of ether oxygens (including phenoxy) is 3. The van der Waals surface area contributed by atoms with E-state index in [1.54, 1.807) is 13.0 Å². The van der Waals surface area contributed by atoms with Gasteiger partial charge < -0.3 is 14.2 Å². The molecule has 1 atom stereocenters. The van der Waals surface area contributed by atoms with Gasteiger partial charge in [0.1, 0.15) is 0 Å². The van der Waals surface area contributed by atoms with Crippen LogP contribution in [0.15, 0.2) is 30.3 Å². The average Bonchev–Trinajstić information content (AvgIpc) is 2.69. The van der Waals surface area contributed by atoms with Gasteiger partial charge in [-0.15, -0.1) is 0 Å². The molecule has 0 radical (unpaired) electrons. The molecule has 0 saturated carbocycles. The Morgan fingerprint density at radius 2 is 1.54 bits per heavy atom. The highest BCUT2D eigenvalue weighted by atomic mass is 16.7. The molecule has 0 fully saturated rings. The van der Waals surface area contributed by atoms with Crippen LogP contribution in [0.5, 0.6) is 0 Å². The molecule has 0 spiro atoms. The minimum atomic E-state index is -0.292. The summed E-state index contributed by atoms with van der Waals surface area (Å²) in [6.45, 7) is 7.66. The first kappa shape index (κ1) is 24.4. The summed E-state index contributed by atoms with van der Waals surface area (Å²) in [6.07, 6.45) is 13.1. The van der Waals surface area contributed by atoms with E-state index in [1.165, 1.54) is 50.2 Å². The summed E-state index contributed by atoms with van der Waals surface area (Å²) in [7, 11) is 0. The van der Waals surface area contributed by atoms with Crippen LogP contribution in [-0.4, -0.2) is 32.1 Å². The monoisotopic (exact) mass is 390 g/mol. The van der Waals surface area contributed by atoms with E-state index < -0.39 is 0 Å². The molecule has 0 saturated heterocycles. The van der Waals surface area contributed by atoms with E-state index in [0.717, 1.165) is 25.0 Å². The van der Waals surface area contributed by atoms with Crippen molar-refractivity contribution in [3.8, 4) is 0 Å². The molecule has 0 N–H and O–H groups in total. The van der Waals surface area contributed by atoms with E-state index in [2.05, 4.69) is 24.3 Å². The Hall–Kier alpha value is -1.65. The molecule has 158 valence electrons. The minimum Gasteiger partial charge on any atom is -0.463 e. The summed E-state index contributed by atoms with van der Waals surface area (Å²) in [4.78, 5) is 11.3. The number of hydrogen-bond acceptors (Lipinski definition) is 4. The van der Waals surface area contributed by atoms with Crippen LogP contribution in [0.1, 0.15) is 76.8 Å². The topological polar surface area (TPSA) is 44.8 Å². The predicted molar refractivity (Wildman–Crippen MR) is 115 cm³/mol. The number of rotatable bonds is 16. The Bertz CT molecular complexity index is 536. The highest BCUT2D eigenvalue weighted by Gasteiger charge is 2.00. The van der Waals surface area contributed by atoms with Crippen LogP contribution in [0.25, 0.3) is 6.08 Å². The van der Waals surface area contributed by atoms with Gasteiger partial charge >= 0.3 is 5.97 Å². The molecular formula is C24H38O4. The maximum absolute atomic E-state index is 11.3. The van der Waals surface area contributed by atoms with Crippen molar-refractivity contribution in [2.24, 2.45) is 0 Å². The number of aryl methyl sites for hydroxylation is 1. The maximum atomic E-state index is 11.3. The first-order valence-electron chi connectivity index (χ1n) is 10.8. The first-order valence-corrected chi connectivity index (χ1v) is 10.8. The van der Waals surface area contributed by atoms with Crippen molar-refractivity contribution in [1.82, 2.24) is 0 Å². The van der Waals surface area contributed by atoms with E-state index in [-0.39, 0.29) is 12.3 Å². The minimum absolute atomic E-state index is 0.0762. The van der Waals surface area contributed by atoms with Crippen molar-refractivity contribution in [3.05, 3.63) is 41.5 Å². The molecule has 0 heterocycles. The number of carbonyl (C=O) groups is 1. The zero-order chi connectivity index (χ0) is 20.5. The third-order valence-corrected chi connectivity index (χ3v) is 4.54. The Labute approximate surface area is 171 Å². The lowest BCUT2D eigenvalue weighted by Gasteiger charge is -2.12. The smallest absolute Gasteiger partial charge is 0.330 e. The molecule has 28 heavy (non-hydrogen) atoms. The van der Waals surface area contributed by atoms with Crippen LogP contribution in [0, 0.1) is 0 Å². The summed E-state index contributed by atoms with van der Waals surface area (Å²) in [5.41, 5.74) is 2.38. The standard InChI is InChI=1S/C24H38O4/c1-4-26-21(3)28-20-12-10-8-6-7-9-11-13-22-14-16-23(17-15-22)18-19-24(25)27-5-2/h14-19,21H,4-13,20H2,1-3H3/b19-18-. The first-order chi connectivity index (χ1) is 13.7. The molecule has 0 aliphatic rings. The lowest BCUT2D eigenvalue weighted by Crippen LogP contribution is -2.13. The van der Waals surface area contributed by atoms with Crippen LogP contribution < -0.4 is 0 Å². The number of unbranched alkanes of at least 4 members (excludes halogenated alkanes) is 6. The van der Waals surface area contributed by atoms with Crippen molar-refractivity contribution in [2.45, 2.75) is 78.4 Å². The summed E-state index contributed by atoms with van der Waals surface area (Å²) < 4.78 is 15.8. The number of esters is 1.